The highest BCUT2D eigenvalue weighted by atomic mass is 16.6. The van der Waals surface area contributed by atoms with Gasteiger partial charge in [0.05, 0.1) is 13.0 Å². The zero-order valence-electron chi connectivity index (χ0n) is 37.3. The zero-order valence-corrected chi connectivity index (χ0v) is 37.3. The van der Waals surface area contributed by atoms with Crippen molar-refractivity contribution in [1.82, 2.24) is 0 Å². The van der Waals surface area contributed by atoms with Crippen LogP contribution in [0.15, 0.2) is 122 Å². The number of esters is 2. The van der Waals surface area contributed by atoms with Crippen molar-refractivity contribution >= 4 is 11.9 Å². The van der Waals surface area contributed by atoms with E-state index < -0.39 is 6.10 Å². The third kappa shape index (κ3) is 45.0. The highest BCUT2D eigenvalue weighted by Crippen LogP contribution is 2.11. The van der Waals surface area contributed by atoms with Crippen molar-refractivity contribution in [3.05, 3.63) is 122 Å². The van der Waals surface area contributed by atoms with Gasteiger partial charge in [0.15, 0.2) is 6.10 Å². The molecule has 0 aliphatic heterocycles. The van der Waals surface area contributed by atoms with Crippen molar-refractivity contribution in [2.24, 2.45) is 0 Å². The summed E-state index contributed by atoms with van der Waals surface area (Å²) in [7, 11) is 0. The molecule has 0 saturated heterocycles. The van der Waals surface area contributed by atoms with E-state index in [-0.39, 0.29) is 31.6 Å². The summed E-state index contributed by atoms with van der Waals surface area (Å²) in [5.74, 6) is -0.576. The Hall–Kier alpha value is -3.70. The number of carbonyl (C=O) groups is 2. The van der Waals surface area contributed by atoms with Crippen LogP contribution in [0.1, 0.15) is 175 Å². The lowest BCUT2D eigenvalue weighted by Crippen LogP contribution is -2.30. The van der Waals surface area contributed by atoms with Gasteiger partial charge in [-0.2, -0.15) is 0 Å². The van der Waals surface area contributed by atoms with E-state index in [1.165, 1.54) is 25.7 Å². The Labute approximate surface area is 356 Å². The van der Waals surface area contributed by atoms with Gasteiger partial charge in [0, 0.05) is 13.0 Å². The molecule has 1 unspecified atom stereocenters. The van der Waals surface area contributed by atoms with Gasteiger partial charge in [-0.1, -0.05) is 194 Å². The highest BCUT2D eigenvalue weighted by Gasteiger charge is 2.17. The lowest BCUT2D eigenvalue weighted by atomic mass is 10.1. The Kier molecular flexibility index (Phi) is 44.6. The van der Waals surface area contributed by atoms with Gasteiger partial charge in [-0.3, -0.25) is 9.59 Å². The minimum Gasteiger partial charge on any atom is -0.461 e. The molecule has 0 bridgehead atoms. The van der Waals surface area contributed by atoms with E-state index in [4.69, 9.17) is 14.2 Å². The van der Waals surface area contributed by atoms with Crippen LogP contribution in [0.25, 0.3) is 0 Å². The van der Waals surface area contributed by atoms with Crippen LogP contribution >= 0.6 is 0 Å². The van der Waals surface area contributed by atoms with Gasteiger partial charge in [-0.25, -0.2) is 0 Å². The second-order valence-corrected chi connectivity index (χ2v) is 14.6. The van der Waals surface area contributed by atoms with Crippen LogP contribution in [-0.4, -0.2) is 37.9 Å². The van der Waals surface area contributed by atoms with Crippen LogP contribution in [0.5, 0.6) is 0 Å². The van der Waals surface area contributed by atoms with Crippen molar-refractivity contribution < 1.29 is 23.8 Å². The fourth-order valence-electron chi connectivity index (χ4n) is 5.67. The Morgan fingerprint density at radius 1 is 0.414 bits per heavy atom. The van der Waals surface area contributed by atoms with Crippen LogP contribution in [0, 0.1) is 0 Å². The van der Waals surface area contributed by atoms with Crippen LogP contribution in [0.3, 0.4) is 0 Å². The maximum Gasteiger partial charge on any atom is 0.309 e. The van der Waals surface area contributed by atoms with Crippen LogP contribution in [-0.2, 0) is 23.8 Å². The first-order valence-electron chi connectivity index (χ1n) is 23.1. The quantitative estimate of drug-likeness (QED) is 0.0351. The average molecular weight is 801 g/mol. The van der Waals surface area contributed by atoms with Crippen molar-refractivity contribution in [3.63, 3.8) is 0 Å². The summed E-state index contributed by atoms with van der Waals surface area (Å²) in [5, 5.41) is 0. The molecule has 58 heavy (non-hydrogen) atoms. The first-order chi connectivity index (χ1) is 28.6. The first kappa shape index (κ1) is 54.3. The predicted molar refractivity (Wildman–Crippen MR) is 251 cm³/mol. The van der Waals surface area contributed by atoms with Gasteiger partial charge in [0.25, 0.3) is 0 Å². The van der Waals surface area contributed by atoms with E-state index in [9.17, 15) is 9.59 Å². The lowest BCUT2D eigenvalue weighted by Gasteiger charge is -2.18. The molecule has 5 heteroatoms. The number of carbonyl (C=O) groups excluding carboxylic acids is 2. The van der Waals surface area contributed by atoms with E-state index >= 15 is 0 Å². The molecule has 0 aliphatic rings. The summed E-state index contributed by atoms with van der Waals surface area (Å²) in [4.78, 5) is 25.1. The fraction of sp³-hybridized carbons (Fsp3) is 0.585. The highest BCUT2D eigenvalue weighted by molar-refractivity contribution is 5.71. The van der Waals surface area contributed by atoms with Crippen molar-refractivity contribution in [2.45, 2.75) is 181 Å². The van der Waals surface area contributed by atoms with E-state index in [0.717, 1.165) is 116 Å². The van der Waals surface area contributed by atoms with E-state index in [2.05, 4.69) is 130 Å². The molecule has 5 nitrogen and oxygen atoms in total. The summed E-state index contributed by atoms with van der Waals surface area (Å²) in [5.41, 5.74) is 0. The second kappa shape index (κ2) is 47.7. The van der Waals surface area contributed by atoms with E-state index in [1.807, 2.05) is 12.2 Å². The monoisotopic (exact) mass is 801 g/mol. The van der Waals surface area contributed by atoms with Crippen LogP contribution < -0.4 is 0 Å². The molecule has 0 rings (SSSR count). The SMILES string of the molecule is CC/C=C\C/C=C\C/C=C\C/C=C\C/C=C\CCCCCCOCC(COC(=O)C/C=C\C/C=C\C/C=C\C/C=C\C/C=C\CC)OC(=O)CCCCCCCCC. The topological polar surface area (TPSA) is 61.8 Å². The van der Waals surface area contributed by atoms with Crippen molar-refractivity contribution in [1.29, 1.82) is 0 Å². The van der Waals surface area contributed by atoms with Gasteiger partial charge in [0.2, 0.25) is 0 Å². The molecule has 1 atom stereocenters. The number of ether oxygens (including phenoxy) is 3. The molecular weight excluding hydrogens is 717 g/mol. The number of hydrogen-bond donors (Lipinski definition) is 0. The molecule has 0 aliphatic carbocycles. The largest absolute Gasteiger partial charge is 0.461 e. The van der Waals surface area contributed by atoms with E-state index in [0.29, 0.717) is 13.0 Å². The van der Waals surface area contributed by atoms with Gasteiger partial charge in [0.1, 0.15) is 6.61 Å². The molecule has 326 valence electrons. The molecule has 0 saturated carbocycles. The normalized spacial score (nSPS) is 13.4. The average Bonchev–Trinajstić information content (AvgIpc) is 3.22. The Morgan fingerprint density at radius 3 is 1.33 bits per heavy atom. The zero-order chi connectivity index (χ0) is 42.1. The summed E-state index contributed by atoms with van der Waals surface area (Å²) in [6.45, 7) is 7.37. The number of unbranched alkanes of at least 4 members (excludes halogenated alkanes) is 10. The molecule has 0 amide bonds. The molecule has 0 aromatic heterocycles. The number of hydrogen-bond acceptors (Lipinski definition) is 5. The molecule has 0 fully saturated rings. The Balaban J connectivity index is 4.34. The standard InChI is InChI=1S/C53H84O5/c1-4-7-10-13-16-18-20-22-24-25-26-27-28-30-32-34-36-39-42-45-48-56-49-51(58-53(55)47-44-41-37-15-12-9-6-3)50-57-52(54)46-43-40-38-35-33-31-29-23-21-19-17-14-11-8-5-2/h7-8,10-11,16-19,22-24,26-27,29-30,32-33,35,40,43,51H,4-6,9,12-15,20-21,25,28,31,34,36-39,41-42,44-50H2,1-3H3/b10-7-,11-8-,18-16-,19-17-,24-22-,27-26-,29-23-,32-30-,35-33-,43-40-. The van der Waals surface area contributed by atoms with Gasteiger partial charge < -0.3 is 14.2 Å². The minimum absolute atomic E-state index is 0.0134. The van der Waals surface area contributed by atoms with Gasteiger partial charge >= 0.3 is 11.9 Å². The third-order valence-corrected chi connectivity index (χ3v) is 9.03. The number of rotatable bonds is 40. The molecule has 0 heterocycles. The first-order valence-corrected chi connectivity index (χ1v) is 23.1. The summed E-state index contributed by atoms with van der Waals surface area (Å²) in [6.07, 6.45) is 66.7. The summed E-state index contributed by atoms with van der Waals surface area (Å²) in [6, 6.07) is 0. The molecule has 0 spiro atoms. The fourth-order valence-corrected chi connectivity index (χ4v) is 5.67. The lowest BCUT2D eigenvalue weighted by molar-refractivity contribution is -0.162. The Bertz CT molecular complexity index is 1220. The van der Waals surface area contributed by atoms with Gasteiger partial charge in [-0.15, -0.1) is 0 Å². The second-order valence-electron chi connectivity index (χ2n) is 14.6. The van der Waals surface area contributed by atoms with Crippen molar-refractivity contribution in [3.8, 4) is 0 Å². The molecular formula is C53H84O5. The van der Waals surface area contributed by atoms with E-state index in [1.54, 1.807) is 0 Å². The maximum atomic E-state index is 12.6. The Morgan fingerprint density at radius 2 is 0.828 bits per heavy atom. The minimum atomic E-state index is -0.593. The van der Waals surface area contributed by atoms with Gasteiger partial charge in [-0.05, 0) is 89.9 Å². The van der Waals surface area contributed by atoms with Crippen molar-refractivity contribution in [2.75, 3.05) is 19.8 Å². The third-order valence-electron chi connectivity index (χ3n) is 9.03. The predicted octanol–water partition coefficient (Wildman–Crippen LogP) is 15.4. The molecule has 0 radical (unpaired) electrons. The molecule has 0 aromatic rings. The summed E-state index contributed by atoms with van der Waals surface area (Å²) >= 11 is 0. The maximum absolute atomic E-state index is 12.6. The molecule has 0 aromatic carbocycles. The van der Waals surface area contributed by atoms with Crippen LogP contribution in [0.2, 0.25) is 0 Å². The smallest absolute Gasteiger partial charge is 0.309 e. The summed E-state index contributed by atoms with van der Waals surface area (Å²) < 4.78 is 17.1. The molecule has 0 N–H and O–H groups in total. The van der Waals surface area contributed by atoms with Crippen LogP contribution in [0.4, 0.5) is 0 Å². The number of allylic oxidation sites excluding steroid dienone is 19.